The zero-order valence-corrected chi connectivity index (χ0v) is 21.3. The fourth-order valence-corrected chi connectivity index (χ4v) is 4.85. The number of aliphatic hydroxyl groups is 1. The van der Waals surface area contributed by atoms with Gasteiger partial charge in [-0.2, -0.15) is 0 Å². The van der Waals surface area contributed by atoms with Crippen molar-refractivity contribution in [3.8, 4) is 0 Å². The average Bonchev–Trinajstić information content (AvgIpc) is 2.77. The van der Waals surface area contributed by atoms with Crippen LogP contribution in [0.15, 0.2) is 54.6 Å². The molecule has 1 aliphatic rings. The number of rotatable bonds is 8. The Hall–Kier alpha value is -2.57. The molecule has 0 bridgehead atoms. The van der Waals surface area contributed by atoms with E-state index in [9.17, 15) is 18.7 Å². The van der Waals surface area contributed by atoms with Crippen LogP contribution in [0, 0.1) is 11.6 Å². The van der Waals surface area contributed by atoms with Crippen molar-refractivity contribution in [2.75, 3.05) is 6.54 Å². The molecule has 2 atom stereocenters. The third-order valence-electron chi connectivity index (χ3n) is 6.97. The molecule has 6 heteroatoms. The molecule has 0 radical (unpaired) electrons. The second-order valence-corrected chi connectivity index (χ2v) is 10.9. The molecule has 3 rings (SSSR count). The largest absolute Gasteiger partial charge is 0.390 e. The third kappa shape index (κ3) is 7.21. The van der Waals surface area contributed by atoms with Crippen LogP contribution in [0.5, 0.6) is 0 Å². The van der Waals surface area contributed by atoms with Crippen molar-refractivity contribution in [2.24, 2.45) is 0 Å². The minimum atomic E-state index is -0.960. The molecule has 1 fully saturated rings. The zero-order valence-electron chi connectivity index (χ0n) is 21.3. The fourth-order valence-electron chi connectivity index (χ4n) is 4.85. The van der Waals surface area contributed by atoms with Crippen LogP contribution in [-0.2, 0) is 22.2 Å². The number of allylic oxidation sites excluding steroid dienone is 1. The van der Waals surface area contributed by atoms with E-state index in [0.29, 0.717) is 5.56 Å². The van der Waals surface area contributed by atoms with Crippen molar-refractivity contribution in [2.45, 2.75) is 82.9 Å². The number of carbonyl (C=O) groups is 1. The van der Waals surface area contributed by atoms with Crippen molar-refractivity contribution < 1.29 is 18.7 Å². The highest BCUT2D eigenvalue weighted by Gasteiger charge is 2.36. The smallest absolute Gasteiger partial charge is 0.217 e. The summed E-state index contributed by atoms with van der Waals surface area (Å²) in [5, 5.41) is 17.5. The van der Waals surface area contributed by atoms with E-state index >= 15 is 0 Å². The molecule has 0 aliphatic heterocycles. The number of halogens is 2. The summed E-state index contributed by atoms with van der Waals surface area (Å²) < 4.78 is 27.4. The normalized spacial score (nSPS) is 17.6. The Labute approximate surface area is 207 Å². The molecule has 0 aromatic heterocycles. The van der Waals surface area contributed by atoms with Crippen LogP contribution in [0.4, 0.5) is 8.78 Å². The van der Waals surface area contributed by atoms with E-state index in [1.807, 2.05) is 0 Å². The monoisotopic (exact) mass is 484 g/mol. The summed E-state index contributed by atoms with van der Waals surface area (Å²) in [5.41, 5.74) is 3.68. The molecule has 2 aromatic carbocycles. The quantitative estimate of drug-likeness (QED) is 0.447. The van der Waals surface area contributed by atoms with Gasteiger partial charge in [0.2, 0.25) is 5.91 Å². The molecule has 3 N–H and O–H groups in total. The second kappa shape index (κ2) is 11.0. The van der Waals surface area contributed by atoms with Crippen LogP contribution in [-0.4, -0.2) is 29.7 Å². The molecule has 0 saturated heterocycles. The summed E-state index contributed by atoms with van der Waals surface area (Å²) >= 11 is 0. The Bertz CT molecular complexity index is 1030. The maximum absolute atomic E-state index is 13.7. The fraction of sp³-hybridized carbons (Fsp3) is 0.483. The first-order valence-electron chi connectivity index (χ1n) is 12.3. The molecule has 4 nitrogen and oxygen atoms in total. The van der Waals surface area contributed by atoms with Gasteiger partial charge >= 0.3 is 0 Å². The van der Waals surface area contributed by atoms with Gasteiger partial charge in [-0.05, 0) is 66.3 Å². The van der Waals surface area contributed by atoms with E-state index in [-0.39, 0.29) is 29.8 Å². The van der Waals surface area contributed by atoms with E-state index in [4.69, 9.17) is 0 Å². The van der Waals surface area contributed by atoms with Crippen LogP contribution in [0.3, 0.4) is 0 Å². The number of benzene rings is 2. The zero-order chi connectivity index (χ0) is 25.8. The lowest BCUT2D eigenvalue weighted by atomic mass is 9.73. The maximum atomic E-state index is 13.7. The van der Waals surface area contributed by atoms with Gasteiger partial charge in [-0.3, -0.25) is 4.79 Å². The summed E-state index contributed by atoms with van der Waals surface area (Å²) in [6.45, 7) is 12.3. The molecule has 190 valence electrons. The van der Waals surface area contributed by atoms with Gasteiger partial charge in [-0.15, -0.1) is 0 Å². The highest BCUT2D eigenvalue weighted by atomic mass is 19.1. The minimum Gasteiger partial charge on any atom is -0.390 e. The van der Waals surface area contributed by atoms with Gasteiger partial charge in [-0.25, -0.2) is 8.78 Å². The van der Waals surface area contributed by atoms with Gasteiger partial charge in [0.05, 0.1) is 12.1 Å². The minimum absolute atomic E-state index is 0.00567. The van der Waals surface area contributed by atoms with Crippen LogP contribution in [0.25, 0.3) is 0 Å². The number of nitrogens with one attached hydrogen (secondary N) is 2. The van der Waals surface area contributed by atoms with E-state index in [1.165, 1.54) is 35.8 Å². The van der Waals surface area contributed by atoms with E-state index in [0.717, 1.165) is 31.7 Å². The highest BCUT2D eigenvalue weighted by molar-refractivity contribution is 5.73. The Morgan fingerprint density at radius 3 is 2.31 bits per heavy atom. The van der Waals surface area contributed by atoms with Crippen LogP contribution in [0.2, 0.25) is 0 Å². The molecule has 2 aromatic rings. The SMILES string of the molecule is C=C1CCC(NC[C@@H](O)[C@H](Cc2cc(F)cc(F)c2)NC(C)=O)(c2cccc(C(C)(C)C)c2)CC1. The number of hydrogen-bond donors (Lipinski definition) is 3. The van der Waals surface area contributed by atoms with Crippen LogP contribution < -0.4 is 10.6 Å². The van der Waals surface area contributed by atoms with Gasteiger partial charge in [0, 0.05) is 25.1 Å². The van der Waals surface area contributed by atoms with Crippen molar-refractivity contribution in [3.63, 3.8) is 0 Å². The maximum Gasteiger partial charge on any atom is 0.217 e. The number of aliphatic hydroxyl groups excluding tert-OH is 1. The van der Waals surface area contributed by atoms with E-state index in [2.05, 4.69) is 62.2 Å². The van der Waals surface area contributed by atoms with Gasteiger partial charge < -0.3 is 15.7 Å². The number of carbonyl (C=O) groups excluding carboxylic acids is 1. The molecule has 0 spiro atoms. The molecule has 1 amide bonds. The number of hydrogen-bond acceptors (Lipinski definition) is 3. The lowest BCUT2D eigenvalue weighted by molar-refractivity contribution is -0.120. The van der Waals surface area contributed by atoms with Crippen molar-refractivity contribution in [3.05, 3.63) is 82.9 Å². The summed E-state index contributed by atoms with van der Waals surface area (Å²) in [6.07, 6.45) is 2.64. The lowest BCUT2D eigenvalue weighted by Gasteiger charge is -2.41. The van der Waals surface area contributed by atoms with Gasteiger partial charge in [-0.1, -0.05) is 57.2 Å². The van der Waals surface area contributed by atoms with E-state index < -0.39 is 23.8 Å². The second-order valence-electron chi connectivity index (χ2n) is 10.9. The summed E-state index contributed by atoms with van der Waals surface area (Å²) in [4.78, 5) is 11.8. The molecule has 0 heterocycles. The van der Waals surface area contributed by atoms with Crippen molar-refractivity contribution in [1.29, 1.82) is 0 Å². The van der Waals surface area contributed by atoms with Crippen LogP contribution in [0.1, 0.15) is 70.1 Å². The molecule has 1 aliphatic carbocycles. The standard InChI is InChI=1S/C29H38F2N2O2/c1-19-9-11-29(12-10-19,23-8-6-7-22(16-23)28(3,4)5)32-18-27(35)26(33-20(2)34)15-21-13-24(30)17-25(31)14-21/h6-8,13-14,16-17,26-27,32,35H,1,9-12,15,18H2,2-5H3,(H,33,34)/t26-,27+/m0/s1. The first-order valence-corrected chi connectivity index (χ1v) is 12.3. The summed E-state index contributed by atoms with van der Waals surface area (Å²) in [5.74, 6) is -1.68. The Morgan fingerprint density at radius 2 is 1.74 bits per heavy atom. The van der Waals surface area contributed by atoms with Gasteiger partial charge in [0.25, 0.3) is 0 Å². The Balaban J connectivity index is 1.83. The lowest BCUT2D eigenvalue weighted by Crippen LogP contribution is -2.53. The summed E-state index contributed by atoms with van der Waals surface area (Å²) in [6, 6.07) is 11.2. The van der Waals surface area contributed by atoms with Crippen LogP contribution >= 0.6 is 0 Å². The predicted molar refractivity (Wildman–Crippen MR) is 136 cm³/mol. The highest BCUT2D eigenvalue weighted by Crippen LogP contribution is 2.40. The number of amides is 1. The van der Waals surface area contributed by atoms with Crippen molar-refractivity contribution in [1.82, 2.24) is 10.6 Å². The predicted octanol–water partition coefficient (Wildman–Crippen LogP) is 5.29. The van der Waals surface area contributed by atoms with E-state index in [1.54, 1.807) is 0 Å². The molecular weight excluding hydrogens is 446 g/mol. The Morgan fingerprint density at radius 1 is 1.11 bits per heavy atom. The van der Waals surface area contributed by atoms with Gasteiger partial charge in [0.15, 0.2) is 0 Å². The van der Waals surface area contributed by atoms with Crippen molar-refractivity contribution >= 4 is 5.91 Å². The first kappa shape index (κ1) is 27.0. The molecular formula is C29H38F2N2O2. The average molecular weight is 485 g/mol. The van der Waals surface area contributed by atoms with Gasteiger partial charge in [0.1, 0.15) is 11.6 Å². The molecule has 1 saturated carbocycles. The summed E-state index contributed by atoms with van der Waals surface area (Å²) in [7, 11) is 0. The molecule has 35 heavy (non-hydrogen) atoms. The third-order valence-corrected chi connectivity index (χ3v) is 6.97. The Kier molecular flexibility index (Phi) is 8.50. The first-order chi connectivity index (χ1) is 16.4. The molecule has 0 unspecified atom stereocenters. The topological polar surface area (TPSA) is 61.4 Å².